The van der Waals surface area contributed by atoms with Crippen molar-refractivity contribution in [2.24, 2.45) is 0 Å². The predicted octanol–water partition coefficient (Wildman–Crippen LogP) is 3.50. The van der Waals surface area contributed by atoms with Crippen molar-refractivity contribution in [3.05, 3.63) is 65.8 Å². The van der Waals surface area contributed by atoms with Crippen LogP contribution in [0.2, 0.25) is 5.02 Å². The molecular formula is C17H14ClFN6. The molecule has 0 spiro atoms. The maximum atomic E-state index is 13.4. The molecule has 0 radical (unpaired) electrons. The zero-order valence-electron chi connectivity index (χ0n) is 13.1. The molecule has 0 bridgehead atoms. The first-order valence-electron chi connectivity index (χ1n) is 7.72. The molecule has 0 aliphatic rings. The average molecular weight is 357 g/mol. The monoisotopic (exact) mass is 356 g/mol. The van der Waals surface area contributed by atoms with Gasteiger partial charge in [-0.3, -0.25) is 4.68 Å². The maximum absolute atomic E-state index is 13.4. The number of anilines is 1. The SMILES string of the molecule is Fc1ccc(-c2cnc3ccc(NCCn4cccn4)nn23)cc1Cl. The minimum absolute atomic E-state index is 0.0703. The second kappa shape index (κ2) is 6.52. The van der Waals surface area contributed by atoms with Crippen LogP contribution in [-0.2, 0) is 6.54 Å². The second-order valence-corrected chi connectivity index (χ2v) is 5.86. The van der Waals surface area contributed by atoms with Gasteiger partial charge >= 0.3 is 0 Å². The Labute approximate surface area is 147 Å². The van der Waals surface area contributed by atoms with Crippen molar-refractivity contribution in [2.45, 2.75) is 6.54 Å². The molecule has 0 fully saturated rings. The van der Waals surface area contributed by atoms with Crippen molar-refractivity contribution in [2.75, 3.05) is 11.9 Å². The first-order valence-corrected chi connectivity index (χ1v) is 8.10. The normalized spacial score (nSPS) is 11.1. The van der Waals surface area contributed by atoms with Crippen LogP contribution in [0.25, 0.3) is 16.9 Å². The van der Waals surface area contributed by atoms with Gasteiger partial charge in [-0.25, -0.2) is 13.9 Å². The highest BCUT2D eigenvalue weighted by Gasteiger charge is 2.10. The molecule has 0 unspecified atom stereocenters. The summed E-state index contributed by atoms with van der Waals surface area (Å²) >= 11 is 5.88. The number of benzene rings is 1. The van der Waals surface area contributed by atoms with Crippen molar-refractivity contribution in [3.8, 4) is 11.3 Å². The van der Waals surface area contributed by atoms with Crippen molar-refractivity contribution >= 4 is 23.1 Å². The van der Waals surface area contributed by atoms with Gasteiger partial charge in [0.15, 0.2) is 5.65 Å². The fourth-order valence-corrected chi connectivity index (χ4v) is 2.73. The van der Waals surface area contributed by atoms with E-state index in [1.165, 1.54) is 6.07 Å². The second-order valence-electron chi connectivity index (χ2n) is 5.46. The summed E-state index contributed by atoms with van der Waals surface area (Å²) in [4.78, 5) is 4.33. The van der Waals surface area contributed by atoms with E-state index in [9.17, 15) is 4.39 Å². The molecule has 4 aromatic rings. The van der Waals surface area contributed by atoms with Gasteiger partial charge in [-0.15, -0.1) is 5.10 Å². The molecule has 8 heteroatoms. The molecule has 0 amide bonds. The molecule has 0 saturated carbocycles. The number of hydrogen-bond acceptors (Lipinski definition) is 4. The van der Waals surface area contributed by atoms with E-state index in [0.29, 0.717) is 18.0 Å². The van der Waals surface area contributed by atoms with Crippen LogP contribution in [0.5, 0.6) is 0 Å². The van der Waals surface area contributed by atoms with Gasteiger partial charge in [-0.1, -0.05) is 11.6 Å². The lowest BCUT2D eigenvalue weighted by atomic mass is 10.2. The summed E-state index contributed by atoms with van der Waals surface area (Å²) in [5.74, 6) is 0.264. The number of imidazole rings is 1. The Morgan fingerprint density at radius 3 is 2.92 bits per heavy atom. The smallest absolute Gasteiger partial charge is 0.154 e. The number of rotatable bonds is 5. The first-order chi connectivity index (χ1) is 12.2. The number of nitrogens with zero attached hydrogens (tertiary/aromatic N) is 5. The third-order valence-electron chi connectivity index (χ3n) is 3.78. The van der Waals surface area contributed by atoms with E-state index >= 15 is 0 Å². The standard InChI is InChI=1S/C17H14ClFN6/c18-13-10-12(2-3-14(13)19)15-11-21-17-5-4-16(23-25(15)17)20-7-9-24-8-1-6-22-24/h1-6,8,10-11H,7,9H2,(H,20,23). The third-order valence-corrected chi connectivity index (χ3v) is 4.07. The van der Waals surface area contributed by atoms with E-state index in [1.807, 2.05) is 29.1 Å². The molecule has 6 nitrogen and oxygen atoms in total. The lowest BCUT2D eigenvalue weighted by Gasteiger charge is -2.07. The average Bonchev–Trinajstić information content (AvgIpc) is 3.27. The Balaban J connectivity index is 1.59. The van der Waals surface area contributed by atoms with Gasteiger partial charge in [0.1, 0.15) is 11.6 Å². The van der Waals surface area contributed by atoms with Crippen LogP contribution in [0.1, 0.15) is 0 Å². The molecule has 4 rings (SSSR count). The molecule has 3 heterocycles. The minimum Gasteiger partial charge on any atom is -0.367 e. The fourth-order valence-electron chi connectivity index (χ4n) is 2.55. The topological polar surface area (TPSA) is 60.0 Å². The van der Waals surface area contributed by atoms with E-state index < -0.39 is 5.82 Å². The first kappa shape index (κ1) is 15.6. The summed E-state index contributed by atoms with van der Waals surface area (Å²) in [6, 6.07) is 10.2. The van der Waals surface area contributed by atoms with Gasteiger partial charge in [-0.05, 0) is 36.4 Å². The largest absolute Gasteiger partial charge is 0.367 e. The van der Waals surface area contributed by atoms with Crippen LogP contribution in [-0.4, -0.2) is 30.9 Å². The third kappa shape index (κ3) is 3.18. The van der Waals surface area contributed by atoms with E-state index in [1.54, 1.807) is 29.0 Å². The van der Waals surface area contributed by atoms with Crippen LogP contribution in [0.3, 0.4) is 0 Å². The van der Waals surface area contributed by atoms with Crippen LogP contribution >= 0.6 is 11.6 Å². The molecule has 126 valence electrons. The molecule has 0 aliphatic carbocycles. The predicted molar refractivity (Wildman–Crippen MR) is 94.1 cm³/mol. The molecule has 1 N–H and O–H groups in total. The molecule has 0 atom stereocenters. The number of halogens is 2. The summed E-state index contributed by atoms with van der Waals surface area (Å²) in [6.45, 7) is 1.42. The van der Waals surface area contributed by atoms with Crippen molar-refractivity contribution < 1.29 is 4.39 Å². The number of hydrogen-bond donors (Lipinski definition) is 1. The highest BCUT2D eigenvalue weighted by Crippen LogP contribution is 2.25. The Bertz CT molecular complexity index is 1010. The van der Waals surface area contributed by atoms with Gasteiger partial charge in [0.25, 0.3) is 0 Å². The molecule has 3 aromatic heterocycles. The minimum atomic E-state index is -0.451. The van der Waals surface area contributed by atoms with Crippen LogP contribution in [0, 0.1) is 5.82 Å². The lowest BCUT2D eigenvalue weighted by Crippen LogP contribution is -2.12. The van der Waals surface area contributed by atoms with Gasteiger partial charge in [0.05, 0.1) is 23.5 Å². The van der Waals surface area contributed by atoms with Gasteiger partial charge in [0.2, 0.25) is 0 Å². The van der Waals surface area contributed by atoms with Crippen LogP contribution < -0.4 is 5.32 Å². The van der Waals surface area contributed by atoms with Gasteiger partial charge in [-0.2, -0.15) is 5.10 Å². The van der Waals surface area contributed by atoms with Crippen molar-refractivity contribution in [1.82, 2.24) is 24.4 Å². The lowest BCUT2D eigenvalue weighted by molar-refractivity contribution is 0.628. The highest BCUT2D eigenvalue weighted by molar-refractivity contribution is 6.31. The van der Waals surface area contributed by atoms with E-state index in [-0.39, 0.29) is 5.02 Å². The van der Waals surface area contributed by atoms with Crippen molar-refractivity contribution in [1.29, 1.82) is 0 Å². The Kier molecular flexibility index (Phi) is 4.07. The summed E-state index contributed by atoms with van der Waals surface area (Å²) in [6.07, 6.45) is 5.35. The maximum Gasteiger partial charge on any atom is 0.154 e. The van der Waals surface area contributed by atoms with E-state index in [4.69, 9.17) is 11.6 Å². The van der Waals surface area contributed by atoms with Gasteiger partial charge in [0, 0.05) is 24.5 Å². The molecular weight excluding hydrogens is 343 g/mol. The summed E-state index contributed by atoms with van der Waals surface area (Å²) in [5.41, 5.74) is 2.20. The summed E-state index contributed by atoms with van der Waals surface area (Å²) < 4.78 is 16.9. The fraction of sp³-hybridized carbons (Fsp3) is 0.118. The number of fused-ring (bicyclic) bond motifs is 1. The molecule has 0 saturated heterocycles. The molecule has 0 aliphatic heterocycles. The van der Waals surface area contributed by atoms with Crippen LogP contribution in [0.15, 0.2) is 55.0 Å². The van der Waals surface area contributed by atoms with Crippen LogP contribution in [0.4, 0.5) is 10.2 Å². The zero-order chi connectivity index (χ0) is 17.2. The van der Waals surface area contributed by atoms with Crippen molar-refractivity contribution in [3.63, 3.8) is 0 Å². The zero-order valence-corrected chi connectivity index (χ0v) is 13.9. The quantitative estimate of drug-likeness (QED) is 0.594. The Morgan fingerprint density at radius 1 is 1.20 bits per heavy atom. The highest BCUT2D eigenvalue weighted by atomic mass is 35.5. The molecule has 1 aromatic carbocycles. The number of nitrogens with one attached hydrogen (secondary N) is 1. The number of aromatic nitrogens is 5. The Morgan fingerprint density at radius 2 is 2.12 bits per heavy atom. The molecule has 25 heavy (non-hydrogen) atoms. The van der Waals surface area contributed by atoms with E-state index in [0.717, 1.165) is 17.8 Å². The van der Waals surface area contributed by atoms with Gasteiger partial charge < -0.3 is 5.32 Å². The summed E-state index contributed by atoms with van der Waals surface area (Å²) in [5, 5.41) is 12.0. The summed E-state index contributed by atoms with van der Waals surface area (Å²) in [7, 11) is 0. The van der Waals surface area contributed by atoms with E-state index in [2.05, 4.69) is 20.5 Å². The Hall–Kier alpha value is -2.93.